The smallest absolute Gasteiger partial charge is 0.301 e. The number of nitrogens with zero attached hydrogens (tertiary/aromatic N) is 2. The fourth-order valence-electron chi connectivity index (χ4n) is 3.75. The third-order valence-corrected chi connectivity index (χ3v) is 5.37. The molecule has 1 fully saturated rings. The van der Waals surface area contributed by atoms with Gasteiger partial charge in [0.15, 0.2) is 0 Å². The van der Waals surface area contributed by atoms with Crippen LogP contribution in [0.3, 0.4) is 0 Å². The maximum Gasteiger partial charge on any atom is 0.301 e. The van der Waals surface area contributed by atoms with Gasteiger partial charge in [0.25, 0.3) is 5.78 Å². The predicted octanol–water partition coefficient (Wildman–Crippen LogP) is 4.51. The molecule has 33 heavy (non-hydrogen) atoms. The summed E-state index contributed by atoms with van der Waals surface area (Å²) in [5.74, 6) is -0.160. The van der Waals surface area contributed by atoms with Crippen LogP contribution in [0.4, 0.5) is 5.82 Å². The first-order chi connectivity index (χ1) is 16.0. The molecule has 0 saturated carbocycles. The zero-order valence-corrected chi connectivity index (χ0v) is 18.4. The number of aliphatic hydroxyl groups is 1. The fourth-order valence-corrected chi connectivity index (χ4v) is 3.75. The number of amides is 1. The van der Waals surface area contributed by atoms with Gasteiger partial charge in [0, 0.05) is 11.8 Å². The number of ketones is 1. The van der Waals surface area contributed by atoms with Gasteiger partial charge >= 0.3 is 5.91 Å². The Hall–Kier alpha value is -4.13. The van der Waals surface area contributed by atoms with E-state index in [0.29, 0.717) is 35.1 Å². The van der Waals surface area contributed by atoms with Gasteiger partial charge < -0.3 is 14.6 Å². The number of pyridine rings is 1. The van der Waals surface area contributed by atoms with Gasteiger partial charge in [0.1, 0.15) is 23.1 Å². The summed E-state index contributed by atoms with van der Waals surface area (Å²) in [4.78, 5) is 31.8. The minimum atomic E-state index is -0.846. The van der Waals surface area contributed by atoms with Crippen LogP contribution in [0.1, 0.15) is 30.5 Å². The number of rotatable bonds is 7. The average molecular weight is 444 g/mol. The Morgan fingerprint density at radius 2 is 1.70 bits per heavy atom. The first-order valence-electron chi connectivity index (χ1n) is 10.6. The summed E-state index contributed by atoms with van der Waals surface area (Å²) in [5, 5.41) is 11.2. The van der Waals surface area contributed by atoms with E-state index < -0.39 is 17.7 Å². The predicted molar refractivity (Wildman–Crippen MR) is 124 cm³/mol. The molecule has 2 heterocycles. The molecule has 0 spiro atoms. The fraction of sp³-hybridized carbons (Fsp3) is 0.192. The number of carbonyl (C=O) groups excluding carboxylic acids is 2. The van der Waals surface area contributed by atoms with Crippen LogP contribution >= 0.6 is 0 Å². The third-order valence-electron chi connectivity index (χ3n) is 5.37. The molecule has 1 atom stereocenters. The minimum Gasteiger partial charge on any atom is -0.507 e. The van der Waals surface area contributed by atoms with Gasteiger partial charge in [0.05, 0.1) is 25.3 Å². The van der Waals surface area contributed by atoms with Gasteiger partial charge in [-0.15, -0.1) is 0 Å². The molecule has 1 saturated heterocycles. The zero-order chi connectivity index (χ0) is 23.4. The Balaban J connectivity index is 1.83. The lowest BCUT2D eigenvalue weighted by atomic mass is 9.95. The second-order valence-corrected chi connectivity index (χ2v) is 7.50. The lowest BCUT2D eigenvalue weighted by Gasteiger charge is -2.24. The molecule has 3 aromatic rings. The van der Waals surface area contributed by atoms with Crippen molar-refractivity contribution in [2.45, 2.75) is 19.4 Å². The van der Waals surface area contributed by atoms with Gasteiger partial charge in [-0.3, -0.25) is 14.5 Å². The number of anilines is 1. The molecule has 0 bridgehead atoms. The third kappa shape index (κ3) is 4.30. The maximum atomic E-state index is 13.1. The highest BCUT2D eigenvalue weighted by Crippen LogP contribution is 2.41. The van der Waals surface area contributed by atoms with Crippen molar-refractivity contribution in [3.8, 4) is 11.5 Å². The molecule has 0 radical (unpaired) electrons. The number of aromatic nitrogens is 1. The van der Waals surface area contributed by atoms with E-state index in [1.54, 1.807) is 80.0 Å². The first-order valence-corrected chi connectivity index (χ1v) is 10.6. The number of hydrogen-bond donors (Lipinski definition) is 1. The quantitative estimate of drug-likeness (QED) is 0.328. The number of hydrogen-bond acceptors (Lipinski definition) is 6. The van der Waals surface area contributed by atoms with E-state index in [2.05, 4.69) is 4.98 Å². The summed E-state index contributed by atoms with van der Waals surface area (Å²) >= 11 is 0. The molecular formula is C26H24N2O5. The van der Waals surface area contributed by atoms with Crippen molar-refractivity contribution in [1.29, 1.82) is 0 Å². The highest BCUT2D eigenvalue weighted by atomic mass is 16.5. The van der Waals surface area contributed by atoms with E-state index >= 15 is 0 Å². The van der Waals surface area contributed by atoms with Crippen molar-refractivity contribution in [3.63, 3.8) is 0 Å². The van der Waals surface area contributed by atoms with Crippen molar-refractivity contribution in [2.24, 2.45) is 0 Å². The summed E-state index contributed by atoms with van der Waals surface area (Å²) in [5.41, 5.74) is 1.06. The summed E-state index contributed by atoms with van der Waals surface area (Å²) in [6.45, 7) is 2.60. The van der Waals surface area contributed by atoms with Gasteiger partial charge in [0.2, 0.25) is 0 Å². The standard InChI is InChI=1S/C26H24N2O5/c1-3-16-33-20-13-9-18(10-14-20)24(29)22-23(17-7-11-19(32-2)12-8-17)28(26(31)25(22)30)21-6-4-5-15-27-21/h4-15,23,29H,3,16H2,1-2H3. The van der Waals surface area contributed by atoms with Crippen LogP contribution in [0.25, 0.3) is 5.76 Å². The van der Waals surface area contributed by atoms with Crippen molar-refractivity contribution >= 4 is 23.3 Å². The van der Waals surface area contributed by atoms with Crippen molar-refractivity contribution < 1.29 is 24.2 Å². The average Bonchev–Trinajstić information content (AvgIpc) is 3.13. The Bertz CT molecular complexity index is 1170. The van der Waals surface area contributed by atoms with Gasteiger partial charge in [-0.25, -0.2) is 4.98 Å². The second kappa shape index (κ2) is 9.56. The van der Waals surface area contributed by atoms with E-state index in [-0.39, 0.29) is 11.3 Å². The van der Waals surface area contributed by atoms with Gasteiger partial charge in [-0.1, -0.05) is 25.1 Å². The largest absolute Gasteiger partial charge is 0.507 e. The molecule has 7 heteroatoms. The van der Waals surface area contributed by atoms with Gasteiger partial charge in [-0.05, 0) is 60.5 Å². The number of benzene rings is 2. The zero-order valence-electron chi connectivity index (χ0n) is 18.4. The molecule has 7 nitrogen and oxygen atoms in total. The molecule has 0 aliphatic carbocycles. The number of Topliss-reactive ketones (excluding diaryl/α,β-unsaturated/α-hetero) is 1. The summed E-state index contributed by atoms with van der Waals surface area (Å²) < 4.78 is 10.8. The van der Waals surface area contributed by atoms with E-state index in [1.807, 2.05) is 6.92 Å². The van der Waals surface area contributed by atoms with Crippen molar-refractivity contribution in [3.05, 3.63) is 89.6 Å². The molecule has 1 aromatic heterocycles. The Kier molecular flexibility index (Phi) is 6.40. The van der Waals surface area contributed by atoms with Crippen LogP contribution in [0, 0.1) is 0 Å². The van der Waals surface area contributed by atoms with E-state index in [0.717, 1.165) is 6.42 Å². The van der Waals surface area contributed by atoms with Crippen molar-refractivity contribution in [1.82, 2.24) is 4.98 Å². The first kappa shape index (κ1) is 22.1. The lowest BCUT2D eigenvalue weighted by Crippen LogP contribution is -2.30. The number of methoxy groups -OCH3 is 1. The number of ether oxygens (including phenoxy) is 2. The lowest BCUT2D eigenvalue weighted by molar-refractivity contribution is -0.132. The van der Waals surface area contributed by atoms with Crippen LogP contribution in [0.15, 0.2) is 78.5 Å². The number of carbonyl (C=O) groups is 2. The monoisotopic (exact) mass is 444 g/mol. The van der Waals surface area contributed by atoms with E-state index in [4.69, 9.17) is 9.47 Å². The minimum absolute atomic E-state index is 0.00181. The highest BCUT2D eigenvalue weighted by Gasteiger charge is 2.47. The highest BCUT2D eigenvalue weighted by molar-refractivity contribution is 6.51. The molecule has 1 aliphatic heterocycles. The Labute approximate surface area is 191 Å². The van der Waals surface area contributed by atoms with Crippen LogP contribution in [0.5, 0.6) is 11.5 Å². The van der Waals surface area contributed by atoms with Crippen LogP contribution in [-0.4, -0.2) is 35.5 Å². The molecule has 4 rings (SSSR count). The van der Waals surface area contributed by atoms with Gasteiger partial charge in [-0.2, -0.15) is 0 Å². The SMILES string of the molecule is CCCOc1ccc(C(O)=C2C(=O)C(=O)N(c3ccccn3)C2c2ccc(OC)cc2)cc1. The summed E-state index contributed by atoms with van der Waals surface area (Å²) in [6, 6.07) is 18.1. The van der Waals surface area contributed by atoms with E-state index in [1.165, 1.54) is 4.90 Å². The van der Waals surface area contributed by atoms with Crippen molar-refractivity contribution in [2.75, 3.05) is 18.6 Å². The van der Waals surface area contributed by atoms with Crippen LogP contribution in [0.2, 0.25) is 0 Å². The molecule has 2 aromatic carbocycles. The topological polar surface area (TPSA) is 89.0 Å². The van der Waals surface area contributed by atoms with Crippen LogP contribution < -0.4 is 14.4 Å². The maximum absolute atomic E-state index is 13.1. The summed E-state index contributed by atoms with van der Waals surface area (Å²) in [7, 11) is 1.56. The summed E-state index contributed by atoms with van der Waals surface area (Å²) in [6.07, 6.45) is 2.43. The Morgan fingerprint density at radius 1 is 1.00 bits per heavy atom. The molecule has 168 valence electrons. The normalized spacial score (nSPS) is 17.3. The second-order valence-electron chi connectivity index (χ2n) is 7.50. The molecular weight excluding hydrogens is 420 g/mol. The molecule has 1 N–H and O–H groups in total. The van der Waals surface area contributed by atoms with E-state index in [9.17, 15) is 14.7 Å². The Morgan fingerprint density at radius 3 is 2.30 bits per heavy atom. The molecule has 1 aliphatic rings. The number of aliphatic hydroxyl groups excluding tert-OH is 1. The van der Waals surface area contributed by atoms with Crippen LogP contribution in [-0.2, 0) is 9.59 Å². The molecule has 1 amide bonds. The molecule has 1 unspecified atom stereocenters.